The molecule has 100 valence electrons. The normalized spacial score (nSPS) is 10.7. The number of para-hydroxylation sites is 1. The van der Waals surface area contributed by atoms with Crippen LogP contribution in [0.2, 0.25) is 0 Å². The molecule has 0 atom stereocenters. The maximum Gasteiger partial charge on any atom is 0.207 e. The lowest BCUT2D eigenvalue weighted by Gasteiger charge is -2.09. The van der Waals surface area contributed by atoms with Gasteiger partial charge in [0.25, 0.3) is 0 Å². The zero-order valence-corrected chi connectivity index (χ0v) is 11.3. The number of aromatic amines is 1. The molecule has 2 aromatic carbocycles. The van der Waals surface area contributed by atoms with Crippen molar-refractivity contribution >= 4 is 17.3 Å². The molecule has 0 radical (unpaired) electrons. The van der Waals surface area contributed by atoms with E-state index in [0.29, 0.717) is 6.54 Å². The Kier molecular flexibility index (Phi) is 3.25. The average Bonchev–Trinajstić information content (AvgIpc) is 2.81. The summed E-state index contributed by atoms with van der Waals surface area (Å²) < 4.78 is 0. The van der Waals surface area contributed by atoms with Crippen LogP contribution in [0.25, 0.3) is 22.0 Å². The third kappa shape index (κ3) is 2.07. The topological polar surface area (TPSA) is 44.9 Å². The number of carbonyl (C=O) groups is 1. The van der Waals surface area contributed by atoms with E-state index in [9.17, 15) is 4.79 Å². The summed E-state index contributed by atoms with van der Waals surface area (Å²) in [4.78, 5) is 14.0. The van der Waals surface area contributed by atoms with Crippen LogP contribution in [0.15, 0.2) is 48.5 Å². The van der Waals surface area contributed by atoms with Gasteiger partial charge in [0.05, 0.1) is 0 Å². The quantitative estimate of drug-likeness (QED) is 0.697. The van der Waals surface area contributed by atoms with E-state index in [1.807, 2.05) is 30.3 Å². The fraction of sp³-hybridized carbons (Fsp3) is 0.118. The van der Waals surface area contributed by atoms with E-state index in [2.05, 4.69) is 35.4 Å². The lowest BCUT2D eigenvalue weighted by atomic mass is 9.97. The molecule has 0 spiro atoms. The van der Waals surface area contributed by atoms with Crippen molar-refractivity contribution < 1.29 is 4.79 Å². The second-order valence-corrected chi connectivity index (χ2v) is 4.83. The van der Waals surface area contributed by atoms with Crippen molar-refractivity contribution in [3.05, 3.63) is 59.8 Å². The Hall–Kier alpha value is -2.55. The minimum absolute atomic E-state index is 0.540. The molecule has 0 unspecified atom stereocenters. The molecule has 0 aliphatic heterocycles. The van der Waals surface area contributed by atoms with E-state index < -0.39 is 0 Å². The maximum absolute atomic E-state index is 10.5. The predicted octanol–water partition coefficient (Wildman–Crippen LogP) is 3.39. The SMILES string of the molecule is Cc1[nH]c2ccccc2c1-c1ccccc1CNC=O. The molecule has 3 rings (SSSR count). The Labute approximate surface area is 117 Å². The van der Waals surface area contributed by atoms with Crippen molar-refractivity contribution in [2.45, 2.75) is 13.5 Å². The molecular formula is C17H16N2O. The number of amides is 1. The van der Waals surface area contributed by atoms with Gasteiger partial charge in [0.15, 0.2) is 0 Å². The average molecular weight is 264 g/mol. The number of hydrogen-bond donors (Lipinski definition) is 2. The van der Waals surface area contributed by atoms with Crippen LogP contribution in [0.4, 0.5) is 0 Å². The third-order valence-corrected chi connectivity index (χ3v) is 3.56. The summed E-state index contributed by atoms with van der Waals surface area (Å²) in [6, 6.07) is 16.5. The fourth-order valence-corrected chi connectivity index (χ4v) is 2.69. The van der Waals surface area contributed by atoms with Gasteiger partial charge in [-0.3, -0.25) is 4.79 Å². The van der Waals surface area contributed by atoms with Crippen LogP contribution in [-0.4, -0.2) is 11.4 Å². The van der Waals surface area contributed by atoms with Crippen molar-refractivity contribution in [2.24, 2.45) is 0 Å². The van der Waals surface area contributed by atoms with Gasteiger partial charge in [0, 0.05) is 28.7 Å². The first kappa shape index (κ1) is 12.5. The number of aromatic nitrogens is 1. The van der Waals surface area contributed by atoms with Crippen molar-refractivity contribution in [1.82, 2.24) is 10.3 Å². The van der Waals surface area contributed by atoms with Crippen LogP contribution in [0.1, 0.15) is 11.3 Å². The molecule has 1 amide bonds. The molecular weight excluding hydrogens is 248 g/mol. The molecule has 0 aliphatic rings. The van der Waals surface area contributed by atoms with Crippen molar-refractivity contribution in [1.29, 1.82) is 0 Å². The van der Waals surface area contributed by atoms with E-state index >= 15 is 0 Å². The molecule has 3 heteroatoms. The standard InChI is InChI=1S/C17H16N2O/c1-12-17(15-8-4-5-9-16(15)19-12)14-7-3-2-6-13(14)10-18-11-20/h2-9,11,19H,10H2,1H3,(H,18,20). The number of hydrogen-bond acceptors (Lipinski definition) is 1. The molecule has 1 heterocycles. The highest BCUT2D eigenvalue weighted by Gasteiger charge is 2.12. The molecule has 0 saturated heterocycles. The number of H-pyrrole nitrogens is 1. The Balaban J connectivity index is 2.20. The van der Waals surface area contributed by atoms with Gasteiger partial charge in [-0.1, -0.05) is 42.5 Å². The largest absolute Gasteiger partial charge is 0.358 e. The van der Waals surface area contributed by atoms with E-state index in [0.717, 1.165) is 28.7 Å². The lowest BCUT2D eigenvalue weighted by molar-refractivity contribution is -0.109. The van der Waals surface area contributed by atoms with Crippen molar-refractivity contribution in [2.75, 3.05) is 0 Å². The van der Waals surface area contributed by atoms with Crippen molar-refractivity contribution in [3.63, 3.8) is 0 Å². The Morgan fingerprint density at radius 3 is 2.70 bits per heavy atom. The number of carbonyl (C=O) groups excluding carboxylic acids is 1. The first-order valence-electron chi connectivity index (χ1n) is 6.64. The Bertz CT molecular complexity index is 759. The first-order chi connectivity index (χ1) is 9.81. The minimum atomic E-state index is 0.540. The second-order valence-electron chi connectivity index (χ2n) is 4.83. The number of fused-ring (bicyclic) bond motifs is 1. The summed E-state index contributed by atoms with van der Waals surface area (Å²) in [5.74, 6) is 0. The molecule has 20 heavy (non-hydrogen) atoms. The molecule has 2 N–H and O–H groups in total. The molecule has 0 bridgehead atoms. The lowest BCUT2D eigenvalue weighted by Crippen LogP contribution is -2.10. The number of rotatable bonds is 4. The molecule has 0 saturated carbocycles. The smallest absolute Gasteiger partial charge is 0.207 e. The highest BCUT2D eigenvalue weighted by Crippen LogP contribution is 2.33. The van der Waals surface area contributed by atoms with Crippen LogP contribution >= 0.6 is 0 Å². The minimum Gasteiger partial charge on any atom is -0.358 e. The van der Waals surface area contributed by atoms with Gasteiger partial charge in [0.2, 0.25) is 6.41 Å². The zero-order chi connectivity index (χ0) is 13.9. The van der Waals surface area contributed by atoms with E-state index in [-0.39, 0.29) is 0 Å². The Morgan fingerprint density at radius 1 is 1.10 bits per heavy atom. The molecule has 0 fully saturated rings. The summed E-state index contributed by atoms with van der Waals surface area (Å²) in [5, 5.41) is 3.96. The molecule has 0 aliphatic carbocycles. The van der Waals surface area contributed by atoms with Crippen LogP contribution < -0.4 is 5.32 Å². The summed E-state index contributed by atoms with van der Waals surface area (Å²) in [6.45, 7) is 2.62. The predicted molar refractivity (Wildman–Crippen MR) is 81.4 cm³/mol. The van der Waals surface area contributed by atoms with Gasteiger partial charge in [-0.2, -0.15) is 0 Å². The van der Waals surface area contributed by atoms with Gasteiger partial charge in [0.1, 0.15) is 0 Å². The van der Waals surface area contributed by atoms with Gasteiger partial charge in [-0.15, -0.1) is 0 Å². The number of nitrogens with one attached hydrogen (secondary N) is 2. The van der Waals surface area contributed by atoms with Crippen LogP contribution in [0.5, 0.6) is 0 Å². The first-order valence-corrected chi connectivity index (χ1v) is 6.64. The van der Waals surface area contributed by atoms with Crippen LogP contribution in [0.3, 0.4) is 0 Å². The van der Waals surface area contributed by atoms with Crippen LogP contribution in [-0.2, 0) is 11.3 Å². The molecule has 1 aromatic heterocycles. The van der Waals surface area contributed by atoms with Gasteiger partial charge < -0.3 is 10.3 Å². The number of benzene rings is 2. The third-order valence-electron chi connectivity index (χ3n) is 3.56. The summed E-state index contributed by atoms with van der Waals surface area (Å²) in [7, 11) is 0. The Morgan fingerprint density at radius 2 is 1.85 bits per heavy atom. The maximum atomic E-state index is 10.5. The molecule has 3 nitrogen and oxygen atoms in total. The van der Waals surface area contributed by atoms with E-state index in [1.165, 1.54) is 10.9 Å². The van der Waals surface area contributed by atoms with Gasteiger partial charge >= 0.3 is 0 Å². The number of aryl methyl sites for hydroxylation is 1. The summed E-state index contributed by atoms with van der Waals surface area (Å²) in [5.41, 5.74) is 5.77. The van der Waals surface area contributed by atoms with E-state index in [4.69, 9.17) is 0 Å². The van der Waals surface area contributed by atoms with Crippen LogP contribution in [0, 0.1) is 6.92 Å². The highest BCUT2D eigenvalue weighted by molar-refractivity contribution is 5.98. The highest BCUT2D eigenvalue weighted by atomic mass is 16.1. The second kappa shape index (κ2) is 5.21. The van der Waals surface area contributed by atoms with Gasteiger partial charge in [-0.05, 0) is 24.1 Å². The van der Waals surface area contributed by atoms with E-state index in [1.54, 1.807) is 0 Å². The molecule has 3 aromatic rings. The fourth-order valence-electron chi connectivity index (χ4n) is 2.69. The summed E-state index contributed by atoms with van der Waals surface area (Å²) in [6.07, 6.45) is 0.735. The summed E-state index contributed by atoms with van der Waals surface area (Å²) >= 11 is 0. The monoisotopic (exact) mass is 264 g/mol. The zero-order valence-electron chi connectivity index (χ0n) is 11.3. The van der Waals surface area contributed by atoms with Crippen molar-refractivity contribution in [3.8, 4) is 11.1 Å². The van der Waals surface area contributed by atoms with Gasteiger partial charge in [-0.25, -0.2) is 0 Å².